The Morgan fingerprint density at radius 1 is 1.22 bits per heavy atom. The number of hydrogen-bond acceptors (Lipinski definition) is 3. The van der Waals surface area contributed by atoms with Gasteiger partial charge in [-0.3, -0.25) is 4.98 Å². The molecule has 1 aromatic heterocycles. The van der Waals surface area contributed by atoms with Crippen molar-refractivity contribution < 1.29 is 4.74 Å². The molecule has 1 aromatic carbocycles. The van der Waals surface area contributed by atoms with Crippen LogP contribution in [0.3, 0.4) is 0 Å². The second-order valence-corrected chi connectivity index (χ2v) is 4.39. The van der Waals surface area contributed by atoms with E-state index in [-0.39, 0.29) is 6.04 Å². The van der Waals surface area contributed by atoms with E-state index in [1.165, 1.54) is 11.1 Å². The molecule has 0 spiro atoms. The van der Waals surface area contributed by atoms with Gasteiger partial charge in [-0.05, 0) is 31.0 Å². The SMILES string of the molecule is COc1cccnc1C(N)Cc1ccc(C)cc1. The van der Waals surface area contributed by atoms with Crippen LogP contribution in [-0.2, 0) is 6.42 Å². The molecule has 3 nitrogen and oxygen atoms in total. The van der Waals surface area contributed by atoms with Gasteiger partial charge in [-0.2, -0.15) is 0 Å². The molecule has 94 valence electrons. The summed E-state index contributed by atoms with van der Waals surface area (Å²) < 4.78 is 5.28. The predicted octanol–water partition coefficient (Wildman–Crippen LogP) is 2.64. The van der Waals surface area contributed by atoms with Crippen molar-refractivity contribution in [3.63, 3.8) is 0 Å². The molecule has 2 aromatic rings. The van der Waals surface area contributed by atoms with Crippen LogP contribution in [0.5, 0.6) is 5.75 Å². The van der Waals surface area contributed by atoms with E-state index >= 15 is 0 Å². The second-order valence-electron chi connectivity index (χ2n) is 4.39. The number of pyridine rings is 1. The summed E-state index contributed by atoms with van der Waals surface area (Å²) in [6.45, 7) is 2.07. The highest BCUT2D eigenvalue weighted by molar-refractivity contribution is 5.31. The molecule has 3 heteroatoms. The summed E-state index contributed by atoms with van der Waals surface area (Å²) in [6, 6.07) is 12.0. The molecule has 2 rings (SSSR count). The maximum atomic E-state index is 6.20. The molecular formula is C15H18N2O. The average Bonchev–Trinajstić information content (AvgIpc) is 2.41. The van der Waals surface area contributed by atoms with Gasteiger partial charge in [0.2, 0.25) is 0 Å². The minimum atomic E-state index is -0.149. The Labute approximate surface area is 108 Å². The topological polar surface area (TPSA) is 48.1 Å². The maximum Gasteiger partial charge on any atom is 0.141 e. The van der Waals surface area contributed by atoms with Crippen molar-refractivity contribution in [3.8, 4) is 5.75 Å². The molecule has 0 radical (unpaired) electrons. The van der Waals surface area contributed by atoms with E-state index in [9.17, 15) is 0 Å². The Bertz CT molecular complexity index is 508. The summed E-state index contributed by atoms with van der Waals surface area (Å²) >= 11 is 0. The van der Waals surface area contributed by atoms with Crippen LogP contribution in [0.2, 0.25) is 0 Å². The fraction of sp³-hybridized carbons (Fsp3) is 0.267. The molecule has 0 saturated carbocycles. The fourth-order valence-electron chi connectivity index (χ4n) is 1.93. The second kappa shape index (κ2) is 5.65. The molecule has 1 unspecified atom stereocenters. The first kappa shape index (κ1) is 12.6. The van der Waals surface area contributed by atoms with Crippen LogP contribution >= 0.6 is 0 Å². The first-order chi connectivity index (χ1) is 8.70. The zero-order valence-corrected chi connectivity index (χ0v) is 10.8. The van der Waals surface area contributed by atoms with Crippen LogP contribution in [0, 0.1) is 6.92 Å². The van der Waals surface area contributed by atoms with Crippen LogP contribution in [0.1, 0.15) is 22.9 Å². The molecule has 0 bridgehead atoms. The highest BCUT2D eigenvalue weighted by Crippen LogP contribution is 2.23. The van der Waals surface area contributed by atoms with Crippen molar-refractivity contribution in [2.24, 2.45) is 5.73 Å². The number of aromatic nitrogens is 1. The van der Waals surface area contributed by atoms with Gasteiger partial charge in [0.05, 0.1) is 18.8 Å². The third kappa shape index (κ3) is 2.87. The van der Waals surface area contributed by atoms with Crippen LogP contribution < -0.4 is 10.5 Å². The van der Waals surface area contributed by atoms with Gasteiger partial charge in [-0.15, -0.1) is 0 Å². The zero-order valence-electron chi connectivity index (χ0n) is 10.8. The standard InChI is InChI=1S/C15H18N2O/c1-11-5-7-12(8-6-11)10-13(16)15-14(18-2)4-3-9-17-15/h3-9,13H,10,16H2,1-2H3. The minimum absolute atomic E-state index is 0.149. The predicted molar refractivity (Wildman–Crippen MR) is 72.6 cm³/mol. The Hall–Kier alpha value is -1.87. The lowest BCUT2D eigenvalue weighted by Crippen LogP contribution is -2.16. The molecule has 0 fully saturated rings. The van der Waals surface area contributed by atoms with Gasteiger partial charge >= 0.3 is 0 Å². The number of benzene rings is 1. The first-order valence-corrected chi connectivity index (χ1v) is 6.00. The number of nitrogens with two attached hydrogens (primary N) is 1. The number of methoxy groups -OCH3 is 1. The van der Waals surface area contributed by atoms with Crippen molar-refractivity contribution in [2.45, 2.75) is 19.4 Å². The molecule has 0 aliphatic heterocycles. The monoisotopic (exact) mass is 242 g/mol. The van der Waals surface area contributed by atoms with Gasteiger partial charge in [-0.1, -0.05) is 29.8 Å². The summed E-state index contributed by atoms with van der Waals surface area (Å²) in [5.74, 6) is 0.747. The van der Waals surface area contributed by atoms with E-state index in [0.717, 1.165) is 17.9 Å². The van der Waals surface area contributed by atoms with Gasteiger partial charge < -0.3 is 10.5 Å². The number of rotatable bonds is 4. The summed E-state index contributed by atoms with van der Waals surface area (Å²) in [4.78, 5) is 4.31. The Balaban J connectivity index is 2.16. The smallest absolute Gasteiger partial charge is 0.141 e. The normalized spacial score (nSPS) is 12.2. The van der Waals surface area contributed by atoms with Gasteiger partial charge in [0.25, 0.3) is 0 Å². The van der Waals surface area contributed by atoms with Gasteiger partial charge in [0, 0.05) is 6.20 Å². The van der Waals surface area contributed by atoms with Crippen molar-refractivity contribution in [1.29, 1.82) is 0 Å². The lowest BCUT2D eigenvalue weighted by molar-refractivity contribution is 0.401. The number of nitrogens with zero attached hydrogens (tertiary/aromatic N) is 1. The summed E-state index contributed by atoms with van der Waals surface area (Å²) in [5, 5.41) is 0. The van der Waals surface area contributed by atoms with Crippen LogP contribution in [0.4, 0.5) is 0 Å². The highest BCUT2D eigenvalue weighted by atomic mass is 16.5. The number of ether oxygens (including phenoxy) is 1. The summed E-state index contributed by atoms with van der Waals surface area (Å²) in [5.41, 5.74) is 9.47. The van der Waals surface area contributed by atoms with Crippen LogP contribution in [0.15, 0.2) is 42.6 Å². The Morgan fingerprint density at radius 2 is 1.94 bits per heavy atom. The number of hydrogen-bond donors (Lipinski definition) is 1. The maximum absolute atomic E-state index is 6.20. The van der Waals surface area contributed by atoms with Crippen molar-refractivity contribution in [2.75, 3.05) is 7.11 Å². The van der Waals surface area contributed by atoms with Gasteiger partial charge in [0.15, 0.2) is 0 Å². The average molecular weight is 242 g/mol. The van der Waals surface area contributed by atoms with Crippen molar-refractivity contribution in [1.82, 2.24) is 4.98 Å². The quantitative estimate of drug-likeness (QED) is 0.896. The van der Waals surface area contributed by atoms with E-state index in [1.54, 1.807) is 13.3 Å². The third-order valence-electron chi connectivity index (χ3n) is 2.95. The largest absolute Gasteiger partial charge is 0.495 e. The minimum Gasteiger partial charge on any atom is -0.495 e. The van der Waals surface area contributed by atoms with Crippen LogP contribution in [0.25, 0.3) is 0 Å². The molecule has 1 atom stereocenters. The Morgan fingerprint density at radius 3 is 2.61 bits per heavy atom. The molecule has 0 amide bonds. The Kier molecular flexibility index (Phi) is 3.95. The lowest BCUT2D eigenvalue weighted by atomic mass is 10.0. The van der Waals surface area contributed by atoms with Crippen LogP contribution in [-0.4, -0.2) is 12.1 Å². The molecule has 18 heavy (non-hydrogen) atoms. The highest BCUT2D eigenvalue weighted by Gasteiger charge is 2.13. The molecule has 0 saturated heterocycles. The molecule has 2 N–H and O–H groups in total. The summed E-state index contributed by atoms with van der Waals surface area (Å²) in [7, 11) is 1.64. The van der Waals surface area contributed by atoms with E-state index < -0.39 is 0 Å². The van der Waals surface area contributed by atoms with Crippen molar-refractivity contribution >= 4 is 0 Å². The fourth-order valence-corrected chi connectivity index (χ4v) is 1.93. The molecule has 0 aliphatic carbocycles. The third-order valence-corrected chi connectivity index (χ3v) is 2.95. The first-order valence-electron chi connectivity index (χ1n) is 6.00. The summed E-state index contributed by atoms with van der Waals surface area (Å²) in [6.07, 6.45) is 2.50. The van der Waals surface area contributed by atoms with E-state index in [0.29, 0.717) is 0 Å². The van der Waals surface area contributed by atoms with Gasteiger partial charge in [-0.25, -0.2) is 0 Å². The van der Waals surface area contributed by atoms with E-state index in [2.05, 4.69) is 36.2 Å². The van der Waals surface area contributed by atoms with Gasteiger partial charge in [0.1, 0.15) is 5.75 Å². The molecule has 1 heterocycles. The lowest BCUT2D eigenvalue weighted by Gasteiger charge is -2.14. The number of aryl methyl sites for hydroxylation is 1. The zero-order chi connectivity index (χ0) is 13.0. The molecular weight excluding hydrogens is 224 g/mol. The van der Waals surface area contributed by atoms with Crippen molar-refractivity contribution in [3.05, 3.63) is 59.4 Å². The van der Waals surface area contributed by atoms with E-state index in [4.69, 9.17) is 10.5 Å². The van der Waals surface area contributed by atoms with E-state index in [1.807, 2.05) is 12.1 Å². The molecule has 0 aliphatic rings.